The summed E-state index contributed by atoms with van der Waals surface area (Å²) in [5.41, 5.74) is 0. The van der Waals surface area contributed by atoms with Gasteiger partial charge in [-0.15, -0.1) is 0 Å². The molecule has 0 heterocycles. The molecular weight excluding hydrogens is 309 g/mol. The molecule has 0 spiro atoms. The number of nitrogens with one attached hydrogen (secondary N) is 1. The Kier molecular flexibility index (Phi) is 6.19. The summed E-state index contributed by atoms with van der Waals surface area (Å²) in [4.78, 5) is 12.1. The van der Waals surface area contributed by atoms with Crippen LogP contribution in [0.2, 0.25) is 10.0 Å². The number of carbonyl (C=O) groups excluding carboxylic acids is 1. The van der Waals surface area contributed by atoms with Crippen LogP contribution in [0, 0.1) is 5.92 Å². The van der Waals surface area contributed by atoms with Crippen LogP contribution in [0.4, 0.5) is 0 Å². The molecule has 116 valence electrons. The molecule has 1 atom stereocenters. The van der Waals surface area contributed by atoms with Gasteiger partial charge in [0.2, 0.25) is 0 Å². The maximum Gasteiger partial charge on any atom is 0.260 e. The van der Waals surface area contributed by atoms with Crippen molar-refractivity contribution in [3.63, 3.8) is 0 Å². The van der Waals surface area contributed by atoms with Crippen LogP contribution in [-0.4, -0.2) is 18.6 Å². The Balaban J connectivity index is 1.82. The summed E-state index contributed by atoms with van der Waals surface area (Å²) in [6.07, 6.45) is 5.67. The predicted octanol–water partition coefficient (Wildman–Crippen LogP) is 4.46. The van der Waals surface area contributed by atoms with Crippen LogP contribution in [0.3, 0.4) is 0 Å². The first-order chi connectivity index (χ1) is 10.1. The molecule has 1 amide bonds. The van der Waals surface area contributed by atoms with Gasteiger partial charge in [0.15, 0.2) is 6.10 Å². The van der Waals surface area contributed by atoms with E-state index < -0.39 is 6.10 Å². The molecule has 21 heavy (non-hydrogen) atoms. The third-order valence-electron chi connectivity index (χ3n) is 3.86. The van der Waals surface area contributed by atoms with Gasteiger partial charge in [-0.3, -0.25) is 4.79 Å². The molecule has 0 aliphatic heterocycles. The van der Waals surface area contributed by atoms with E-state index in [1.54, 1.807) is 25.1 Å². The zero-order valence-corrected chi connectivity index (χ0v) is 13.7. The minimum absolute atomic E-state index is 0.114. The van der Waals surface area contributed by atoms with Gasteiger partial charge in [-0.1, -0.05) is 42.5 Å². The van der Waals surface area contributed by atoms with Crippen molar-refractivity contribution in [1.29, 1.82) is 0 Å². The van der Waals surface area contributed by atoms with Gasteiger partial charge in [-0.2, -0.15) is 0 Å². The monoisotopic (exact) mass is 329 g/mol. The molecule has 1 saturated carbocycles. The van der Waals surface area contributed by atoms with Gasteiger partial charge in [0.25, 0.3) is 5.91 Å². The second-order valence-corrected chi connectivity index (χ2v) is 6.43. The van der Waals surface area contributed by atoms with Gasteiger partial charge in [-0.05, 0) is 37.8 Å². The van der Waals surface area contributed by atoms with E-state index >= 15 is 0 Å². The van der Waals surface area contributed by atoms with Crippen molar-refractivity contribution in [2.45, 2.75) is 45.1 Å². The average molecular weight is 330 g/mol. The Morgan fingerprint density at radius 3 is 2.76 bits per heavy atom. The molecule has 0 aromatic heterocycles. The first-order valence-corrected chi connectivity index (χ1v) is 8.21. The Morgan fingerprint density at radius 2 is 2.05 bits per heavy atom. The van der Waals surface area contributed by atoms with Gasteiger partial charge < -0.3 is 10.1 Å². The van der Waals surface area contributed by atoms with Crippen molar-refractivity contribution in [2.75, 3.05) is 6.54 Å². The smallest absolute Gasteiger partial charge is 0.260 e. The second-order valence-electron chi connectivity index (χ2n) is 5.58. The Labute approximate surface area is 136 Å². The summed E-state index contributed by atoms with van der Waals surface area (Å²) in [6, 6.07) is 4.96. The van der Waals surface area contributed by atoms with Crippen molar-refractivity contribution in [1.82, 2.24) is 5.32 Å². The lowest BCUT2D eigenvalue weighted by Gasteiger charge is -2.23. The minimum atomic E-state index is -0.593. The number of rotatable bonds is 5. The van der Waals surface area contributed by atoms with Crippen LogP contribution in [0.1, 0.15) is 39.0 Å². The molecule has 0 unspecified atom stereocenters. The van der Waals surface area contributed by atoms with E-state index in [0.717, 1.165) is 6.54 Å². The fraction of sp³-hybridized carbons (Fsp3) is 0.562. The maximum absolute atomic E-state index is 12.1. The largest absolute Gasteiger partial charge is 0.479 e. The molecule has 1 aliphatic carbocycles. The zero-order chi connectivity index (χ0) is 15.2. The quantitative estimate of drug-likeness (QED) is 0.866. The minimum Gasteiger partial charge on any atom is -0.479 e. The lowest BCUT2D eigenvalue weighted by atomic mass is 9.89. The van der Waals surface area contributed by atoms with E-state index in [2.05, 4.69) is 5.32 Å². The molecule has 1 aromatic carbocycles. The summed E-state index contributed by atoms with van der Waals surface area (Å²) in [6.45, 7) is 2.45. The number of hydrogen-bond acceptors (Lipinski definition) is 2. The zero-order valence-electron chi connectivity index (χ0n) is 12.2. The SMILES string of the molecule is C[C@H](Oc1cc(Cl)ccc1Cl)C(=O)NCC1CCCCC1. The molecule has 0 saturated heterocycles. The highest BCUT2D eigenvalue weighted by Crippen LogP contribution is 2.28. The van der Waals surface area contributed by atoms with Gasteiger partial charge in [-0.25, -0.2) is 0 Å². The van der Waals surface area contributed by atoms with E-state index in [1.165, 1.54) is 32.1 Å². The summed E-state index contributed by atoms with van der Waals surface area (Å²) in [5.74, 6) is 0.922. The van der Waals surface area contributed by atoms with Gasteiger partial charge >= 0.3 is 0 Å². The normalized spacial score (nSPS) is 17.3. The fourth-order valence-corrected chi connectivity index (χ4v) is 2.92. The lowest BCUT2D eigenvalue weighted by Crippen LogP contribution is -2.39. The Hall–Kier alpha value is -0.930. The van der Waals surface area contributed by atoms with Crippen molar-refractivity contribution < 1.29 is 9.53 Å². The standard InChI is InChI=1S/C16H21Cl2NO2/c1-11(21-15-9-13(17)7-8-14(15)18)16(20)19-10-12-5-3-2-4-6-12/h7-9,11-12H,2-6,10H2,1H3,(H,19,20)/t11-/m0/s1. The number of benzene rings is 1. The lowest BCUT2D eigenvalue weighted by molar-refractivity contribution is -0.127. The summed E-state index contributed by atoms with van der Waals surface area (Å²) >= 11 is 11.9. The van der Waals surface area contributed by atoms with Crippen molar-refractivity contribution in [3.8, 4) is 5.75 Å². The average Bonchev–Trinajstić information content (AvgIpc) is 2.49. The van der Waals surface area contributed by atoms with E-state index in [0.29, 0.717) is 21.7 Å². The van der Waals surface area contributed by atoms with Crippen LogP contribution in [0.15, 0.2) is 18.2 Å². The Bertz CT molecular complexity index is 487. The first kappa shape index (κ1) is 16.4. The molecule has 1 aromatic rings. The van der Waals surface area contributed by atoms with Gasteiger partial charge in [0.1, 0.15) is 5.75 Å². The van der Waals surface area contributed by atoms with E-state index in [4.69, 9.17) is 27.9 Å². The highest BCUT2D eigenvalue weighted by Gasteiger charge is 2.19. The Morgan fingerprint density at radius 1 is 1.33 bits per heavy atom. The predicted molar refractivity (Wildman–Crippen MR) is 86.1 cm³/mol. The van der Waals surface area contributed by atoms with Gasteiger partial charge in [0.05, 0.1) is 5.02 Å². The van der Waals surface area contributed by atoms with Crippen molar-refractivity contribution in [2.24, 2.45) is 5.92 Å². The second kappa shape index (κ2) is 7.90. The number of halogens is 2. The number of amides is 1. The van der Waals surface area contributed by atoms with E-state index in [-0.39, 0.29) is 5.91 Å². The molecule has 3 nitrogen and oxygen atoms in total. The molecule has 1 N–H and O–H groups in total. The molecule has 2 rings (SSSR count). The number of hydrogen-bond donors (Lipinski definition) is 1. The van der Waals surface area contributed by atoms with Crippen LogP contribution < -0.4 is 10.1 Å². The third-order valence-corrected chi connectivity index (χ3v) is 4.40. The number of ether oxygens (including phenoxy) is 1. The van der Waals surface area contributed by atoms with Crippen LogP contribution in [-0.2, 0) is 4.79 Å². The topological polar surface area (TPSA) is 38.3 Å². The molecular formula is C16H21Cl2NO2. The molecule has 0 radical (unpaired) electrons. The highest BCUT2D eigenvalue weighted by atomic mass is 35.5. The van der Waals surface area contributed by atoms with Crippen molar-refractivity contribution in [3.05, 3.63) is 28.2 Å². The van der Waals surface area contributed by atoms with E-state index in [9.17, 15) is 4.79 Å². The maximum atomic E-state index is 12.1. The van der Waals surface area contributed by atoms with Crippen LogP contribution in [0.25, 0.3) is 0 Å². The summed E-state index contributed by atoms with van der Waals surface area (Å²) in [5, 5.41) is 3.95. The van der Waals surface area contributed by atoms with E-state index in [1.807, 2.05) is 0 Å². The number of carbonyl (C=O) groups is 1. The molecule has 1 aliphatic rings. The highest BCUT2D eigenvalue weighted by molar-refractivity contribution is 6.34. The fourth-order valence-electron chi connectivity index (χ4n) is 2.59. The first-order valence-electron chi connectivity index (χ1n) is 7.45. The van der Waals surface area contributed by atoms with Gasteiger partial charge in [0, 0.05) is 17.6 Å². The van der Waals surface area contributed by atoms with Crippen LogP contribution >= 0.6 is 23.2 Å². The molecule has 0 bridgehead atoms. The van der Waals surface area contributed by atoms with Crippen LogP contribution in [0.5, 0.6) is 5.75 Å². The molecule has 5 heteroatoms. The van der Waals surface area contributed by atoms with Crippen molar-refractivity contribution >= 4 is 29.1 Å². The summed E-state index contributed by atoms with van der Waals surface area (Å²) in [7, 11) is 0. The third kappa shape index (κ3) is 5.08. The summed E-state index contributed by atoms with van der Waals surface area (Å²) < 4.78 is 5.60. The molecule has 1 fully saturated rings.